The Kier molecular flexibility index (Phi) is 2.94. The third-order valence-corrected chi connectivity index (χ3v) is 3.21. The Morgan fingerprint density at radius 3 is 3.00 bits per heavy atom. The fourth-order valence-corrected chi connectivity index (χ4v) is 2.10. The highest BCUT2D eigenvalue weighted by molar-refractivity contribution is 6.00. The number of hydrogen-bond acceptors (Lipinski definition) is 4. The van der Waals surface area contributed by atoms with Crippen molar-refractivity contribution in [1.29, 1.82) is 0 Å². The number of rotatable bonds is 3. The van der Waals surface area contributed by atoms with Crippen LogP contribution < -0.4 is 5.32 Å². The molecule has 0 spiro atoms. The first-order valence-electron chi connectivity index (χ1n) is 6.22. The van der Waals surface area contributed by atoms with Gasteiger partial charge in [-0.1, -0.05) is 0 Å². The van der Waals surface area contributed by atoms with Gasteiger partial charge in [0.05, 0.1) is 5.39 Å². The number of H-pyrrole nitrogens is 1. The molecule has 3 heterocycles. The van der Waals surface area contributed by atoms with Gasteiger partial charge in [-0.25, -0.2) is 9.97 Å². The highest BCUT2D eigenvalue weighted by atomic mass is 16.2. The molecule has 0 saturated carbocycles. The quantitative estimate of drug-likeness (QED) is 0.753. The number of hydrogen-bond donors (Lipinski definition) is 2. The lowest BCUT2D eigenvalue weighted by atomic mass is 10.2. The Hall–Kier alpha value is -2.70. The Morgan fingerprint density at radius 2 is 2.25 bits per heavy atom. The van der Waals surface area contributed by atoms with E-state index in [4.69, 9.17) is 0 Å². The molecule has 2 N–H and O–H groups in total. The van der Waals surface area contributed by atoms with Gasteiger partial charge in [-0.05, 0) is 25.5 Å². The number of aromatic nitrogens is 5. The van der Waals surface area contributed by atoms with Crippen LogP contribution in [0.4, 0.5) is 5.82 Å². The van der Waals surface area contributed by atoms with Gasteiger partial charge in [0.2, 0.25) is 5.91 Å². The standard InChI is InChI=1S/C13H14N6O/c1-8-9(2)17-12-11(8)13(15-7-14-12)18-10(20)6-19-5-3-4-16-19/h3-5,7H,6H2,1-2H3,(H2,14,15,17,18,20). The summed E-state index contributed by atoms with van der Waals surface area (Å²) in [6, 6.07) is 1.77. The number of nitrogens with one attached hydrogen (secondary N) is 2. The van der Waals surface area contributed by atoms with Crippen molar-refractivity contribution in [3.63, 3.8) is 0 Å². The molecule has 0 radical (unpaired) electrons. The van der Waals surface area contributed by atoms with E-state index < -0.39 is 0 Å². The first-order valence-corrected chi connectivity index (χ1v) is 6.22. The van der Waals surface area contributed by atoms with Crippen molar-refractivity contribution in [2.24, 2.45) is 0 Å². The second-order valence-corrected chi connectivity index (χ2v) is 4.57. The Morgan fingerprint density at radius 1 is 1.40 bits per heavy atom. The SMILES string of the molecule is Cc1[nH]c2ncnc(NC(=O)Cn3cccn3)c2c1C. The van der Waals surface area contributed by atoms with E-state index in [0.717, 1.165) is 22.3 Å². The summed E-state index contributed by atoms with van der Waals surface area (Å²) in [7, 11) is 0. The molecule has 0 bridgehead atoms. The van der Waals surface area contributed by atoms with Crippen LogP contribution in [-0.4, -0.2) is 30.6 Å². The third-order valence-electron chi connectivity index (χ3n) is 3.21. The Bertz CT molecular complexity index is 759. The monoisotopic (exact) mass is 270 g/mol. The molecule has 3 rings (SSSR count). The van der Waals surface area contributed by atoms with E-state index in [0.29, 0.717) is 5.82 Å². The van der Waals surface area contributed by atoms with Gasteiger partial charge in [-0.15, -0.1) is 0 Å². The fourth-order valence-electron chi connectivity index (χ4n) is 2.10. The average molecular weight is 270 g/mol. The van der Waals surface area contributed by atoms with Crippen molar-refractivity contribution in [2.75, 3.05) is 5.32 Å². The number of carbonyl (C=O) groups excluding carboxylic acids is 1. The summed E-state index contributed by atoms with van der Waals surface area (Å²) in [6.45, 7) is 4.09. The van der Waals surface area contributed by atoms with Gasteiger partial charge >= 0.3 is 0 Å². The first-order chi connectivity index (χ1) is 9.65. The highest BCUT2D eigenvalue weighted by Gasteiger charge is 2.13. The minimum absolute atomic E-state index is 0.154. The molecule has 0 aromatic carbocycles. The van der Waals surface area contributed by atoms with Gasteiger partial charge in [0.15, 0.2) is 0 Å². The topological polar surface area (TPSA) is 88.5 Å². The van der Waals surface area contributed by atoms with Gasteiger partial charge in [0.25, 0.3) is 0 Å². The molecule has 7 nitrogen and oxygen atoms in total. The highest BCUT2D eigenvalue weighted by Crippen LogP contribution is 2.25. The zero-order valence-electron chi connectivity index (χ0n) is 11.2. The van der Waals surface area contributed by atoms with Crippen LogP contribution in [0.25, 0.3) is 11.0 Å². The molecule has 102 valence electrons. The molecule has 1 amide bonds. The van der Waals surface area contributed by atoms with E-state index in [1.54, 1.807) is 23.1 Å². The van der Waals surface area contributed by atoms with Gasteiger partial charge in [0, 0.05) is 18.1 Å². The summed E-state index contributed by atoms with van der Waals surface area (Å²) in [4.78, 5) is 23.5. The lowest BCUT2D eigenvalue weighted by Crippen LogP contribution is -2.19. The molecule has 3 aromatic heterocycles. The second-order valence-electron chi connectivity index (χ2n) is 4.57. The number of aryl methyl sites for hydroxylation is 2. The minimum atomic E-state index is -0.174. The number of amides is 1. The number of carbonyl (C=O) groups is 1. The molecule has 3 aromatic rings. The predicted octanol–water partition coefficient (Wildman–Crippen LogP) is 1.41. The molecule has 0 aliphatic rings. The van der Waals surface area contributed by atoms with Crippen LogP contribution in [0.1, 0.15) is 11.3 Å². The Balaban J connectivity index is 1.89. The van der Waals surface area contributed by atoms with Gasteiger partial charge < -0.3 is 10.3 Å². The van der Waals surface area contributed by atoms with E-state index >= 15 is 0 Å². The van der Waals surface area contributed by atoms with Crippen molar-refractivity contribution in [1.82, 2.24) is 24.7 Å². The van der Waals surface area contributed by atoms with E-state index in [-0.39, 0.29) is 12.5 Å². The fraction of sp³-hybridized carbons (Fsp3) is 0.231. The van der Waals surface area contributed by atoms with Crippen molar-refractivity contribution in [2.45, 2.75) is 20.4 Å². The number of anilines is 1. The number of aromatic amines is 1. The van der Waals surface area contributed by atoms with Crippen LogP contribution in [-0.2, 0) is 11.3 Å². The van der Waals surface area contributed by atoms with E-state index in [1.165, 1.54) is 6.33 Å². The first kappa shape index (κ1) is 12.3. The summed E-state index contributed by atoms with van der Waals surface area (Å²) in [5.41, 5.74) is 2.78. The van der Waals surface area contributed by atoms with Crippen LogP contribution in [0.15, 0.2) is 24.8 Å². The molecule has 0 aliphatic carbocycles. The maximum absolute atomic E-state index is 12.0. The smallest absolute Gasteiger partial charge is 0.247 e. The van der Waals surface area contributed by atoms with Crippen LogP contribution in [0, 0.1) is 13.8 Å². The summed E-state index contributed by atoms with van der Waals surface area (Å²) in [5, 5.41) is 7.65. The molecular formula is C13H14N6O. The van der Waals surface area contributed by atoms with Gasteiger partial charge in [0.1, 0.15) is 24.3 Å². The Labute approximate surface area is 115 Å². The zero-order valence-corrected chi connectivity index (χ0v) is 11.2. The minimum Gasteiger partial charge on any atom is -0.343 e. The lowest BCUT2D eigenvalue weighted by molar-refractivity contribution is -0.116. The van der Waals surface area contributed by atoms with Crippen LogP contribution in [0.2, 0.25) is 0 Å². The lowest BCUT2D eigenvalue weighted by Gasteiger charge is -2.06. The van der Waals surface area contributed by atoms with E-state index in [9.17, 15) is 4.79 Å². The molecule has 7 heteroatoms. The van der Waals surface area contributed by atoms with Crippen molar-refractivity contribution in [3.8, 4) is 0 Å². The molecule has 0 atom stereocenters. The summed E-state index contributed by atoms with van der Waals surface area (Å²) >= 11 is 0. The largest absolute Gasteiger partial charge is 0.343 e. The van der Waals surface area contributed by atoms with Crippen molar-refractivity contribution >= 4 is 22.8 Å². The predicted molar refractivity (Wildman–Crippen MR) is 74.2 cm³/mol. The van der Waals surface area contributed by atoms with Crippen LogP contribution in [0.3, 0.4) is 0 Å². The molecule has 20 heavy (non-hydrogen) atoms. The normalized spacial score (nSPS) is 10.9. The average Bonchev–Trinajstić information content (AvgIpc) is 3.00. The van der Waals surface area contributed by atoms with E-state index in [1.807, 2.05) is 13.8 Å². The number of nitrogens with zero attached hydrogens (tertiary/aromatic N) is 4. The van der Waals surface area contributed by atoms with Crippen LogP contribution in [0.5, 0.6) is 0 Å². The van der Waals surface area contributed by atoms with E-state index in [2.05, 4.69) is 25.4 Å². The maximum Gasteiger partial charge on any atom is 0.247 e. The summed E-state index contributed by atoms with van der Waals surface area (Å²) < 4.78 is 1.56. The maximum atomic E-state index is 12.0. The van der Waals surface area contributed by atoms with Crippen molar-refractivity contribution < 1.29 is 4.79 Å². The van der Waals surface area contributed by atoms with Gasteiger partial charge in [-0.3, -0.25) is 9.48 Å². The zero-order chi connectivity index (χ0) is 14.1. The second kappa shape index (κ2) is 4.76. The summed E-state index contributed by atoms with van der Waals surface area (Å²) in [6.07, 6.45) is 4.80. The molecule has 0 aliphatic heterocycles. The summed E-state index contributed by atoms with van der Waals surface area (Å²) in [5.74, 6) is 0.348. The molecular weight excluding hydrogens is 256 g/mol. The molecule has 0 unspecified atom stereocenters. The third kappa shape index (κ3) is 2.13. The molecule has 0 fully saturated rings. The van der Waals surface area contributed by atoms with Gasteiger partial charge in [-0.2, -0.15) is 5.10 Å². The van der Waals surface area contributed by atoms with Crippen LogP contribution >= 0.6 is 0 Å². The number of fused-ring (bicyclic) bond motifs is 1. The van der Waals surface area contributed by atoms with Crippen molar-refractivity contribution in [3.05, 3.63) is 36.0 Å². The molecule has 0 saturated heterocycles.